The summed E-state index contributed by atoms with van der Waals surface area (Å²) in [4.78, 5) is 5.81. The van der Waals surface area contributed by atoms with Crippen molar-refractivity contribution in [2.24, 2.45) is 5.16 Å². The van der Waals surface area contributed by atoms with Crippen LogP contribution in [0.5, 0.6) is 0 Å². The van der Waals surface area contributed by atoms with Crippen LogP contribution in [0.1, 0.15) is 0 Å². The van der Waals surface area contributed by atoms with Crippen LogP contribution in [0, 0.1) is 0 Å². The van der Waals surface area contributed by atoms with Crippen molar-refractivity contribution in [2.75, 3.05) is 19.1 Å². The molecule has 2 aromatic rings. The third-order valence-electron chi connectivity index (χ3n) is 2.28. The molecular formula is C11H14N2OS2. The molecule has 0 unspecified atom stereocenters. The van der Waals surface area contributed by atoms with Crippen LogP contribution in [-0.2, 0) is 11.4 Å². The van der Waals surface area contributed by atoms with Gasteiger partial charge in [-0.2, -0.15) is 11.8 Å². The minimum Gasteiger partial charge on any atom is -0.397 e. The largest absolute Gasteiger partial charge is 0.397 e. The third kappa shape index (κ3) is 2.25. The van der Waals surface area contributed by atoms with Crippen molar-refractivity contribution in [3.8, 4) is 0 Å². The first-order chi connectivity index (χ1) is 7.86. The normalized spacial score (nSPS) is 12.2. The number of aromatic nitrogens is 1. The zero-order valence-corrected chi connectivity index (χ0v) is 11.0. The van der Waals surface area contributed by atoms with Gasteiger partial charge in [-0.05, 0) is 18.4 Å². The number of nitrogens with zero attached hydrogens (tertiary/aromatic N) is 2. The van der Waals surface area contributed by atoms with E-state index in [1.807, 2.05) is 17.8 Å². The summed E-state index contributed by atoms with van der Waals surface area (Å²) in [6.45, 7) is 0.966. The van der Waals surface area contributed by atoms with Crippen LogP contribution < -0.4 is 4.80 Å². The fraction of sp³-hybridized carbons (Fsp3) is 0.364. The second kappa shape index (κ2) is 5.41. The second-order valence-corrected chi connectivity index (χ2v) is 5.27. The number of benzene rings is 1. The molecule has 0 amide bonds. The van der Waals surface area contributed by atoms with E-state index in [9.17, 15) is 0 Å². The first-order valence-corrected chi connectivity index (χ1v) is 7.22. The van der Waals surface area contributed by atoms with E-state index < -0.39 is 0 Å². The molecule has 86 valence electrons. The Balaban J connectivity index is 2.55. The molecule has 0 bridgehead atoms. The molecule has 1 heterocycles. The van der Waals surface area contributed by atoms with E-state index in [1.165, 1.54) is 10.2 Å². The van der Waals surface area contributed by atoms with Gasteiger partial charge in [-0.25, -0.2) is 0 Å². The van der Waals surface area contributed by atoms with E-state index in [0.29, 0.717) is 0 Å². The molecule has 0 spiro atoms. The van der Waals surface area contributed by atoms with Gasteiger partial charge in [-0.15, -0.1) is 0 Å². The summed E-state index contributed by atoms with van der Waals surface area (Å²) in [6, 6.07) is 8.35. The number of aryl methyl sites for hydroxylation is 1. The van der Waals surface area contributed by atoms with Gasteiger partial charge < -0.3 is 9.40 Å². The minimum absolute atomic E-state index is 0.928. The number of thiazole rings is 1. The molecule has 1 aromatic carbocycles. The van der Waals surface area contributed by atoms with Crippen molar-refractivity contribution in [3.05, 3.63) is 29.1 Å². The summed E-state index contributed by atoms with van der Waals surface area (Å²) < 4.78 is 3.46. The summed E-state index contributed by atoms with van der Waals surface area (Å²) in [7, 11) is 1.59. The predicted octanol–water partition coefficient (Wildman–Crippen LogP) is 2.53. The van der Waals surface area contributed by atoms with Gasteiger partial charge in [0.2, 0.25) is 4.80 Å². The van der Waals surface area contributed by atoms with Crippen LogP contribution in [-0.4, -0.2) is 23.7 Å². The second-order valence-electron chi connectivity index (χ2n) is 3.27. The van der Waals surface area contributed by atoms with E-state index >= 15 is 0 Å². The van der Waals surface area contributed by atoms with E-state index in [0.717, 1.165) is 17.1 Å². The summed E-state index contributed by atoms with van der Waals surface area (Å²) in [5, 5.41) is 4.07. The number of hydrogen-bond acceptors (Lipinski definition) is 4. The number of hydrogen-bond donors (Lipinski definition) is 0. The highest BCUT2D eigenvalue weighted by Gasteiger charge is 2.04. The Hall–Kier alpha value is -0.940. The van der Waals surface area contributed by atoms with Gasteiger partial charge in [0.15, 0.2) is 0 Å². The zero-order valence-electron chi connectivity index (χ0n) is 9.34. The van der Waals surface area contributed by atoms with E-state index in [1.54, 1.807) is 18.4 Å². The molecule has 3 nitrogen and oxygen atoms in total. The van der Waals surface area contributed by atoms with Crippen LogP contribution in [0.15, 0.2) is 29.4 Å². The lowest BCUT2D eigenvalue weighted by atomic mass is 10.3. The Bertz CT molecular complexity index is 530. The number of para-hydroxylation sites is 1. The Morgan fingerprint density at radius 3 is 3.00 bits per heavy atom. The monoisotopic (exact) mass is 254 g/mol. The van der Waals surface area contributed by atoms with Crippen molar-refractivity contribution in [2.45, 2.75) is 6.54 Å². The van der Waals surface area contributed by atoms with Gasteiger partial charge >= 0.3 is 0 Å². The van der Waals surface area contributed by atoms with Gasteiger partial charge in [-0.3, -0.25) is 0 Å². The maximum absolute atomic E-state index is 4.89. The summed E-state index contributed by atoms with van der Waals surface area (Å²) in [5.74, 6) is 1.08. The average Bonchev–Trinajstić information content (AvgIpc) is 2.65. The number of fused-ring (bicyclic) bond motifs is 1. The standard InChI is InChI=1S/C11H14N2OS2/c1-14-12-11-13(7-8-15-2)9-5-3-4-6-10(9)16-11/h3-6H,7-8H2,1-2H3. The van der Waals surface area contributed by atoms with Crippen molar-refractivity contribution >= 4 is 33.3 Å². The lowest BCUT2D eigenvalue weighted by molar-refractivity contribution is 0.198. The van der Waals surface area contributed by atoms with Gasteiger partial charge in [0.25, 0.3) is 0 Å². The fourth-order valence-electron chi connectivity index (χ4n) is 1.57. The van der Waals surface area contributed by atoms with E-state index in [2.05, 4.69) is 34.2 Å². The van der Waals surface area contributed by atoms with Crippen molar-refractivity contribution in [3.63, 3.8) is 0 Å². The Kier molecular flexibility index (Phi) is 3.90. The van der Waals surface area contributed by atoms with Crippen molar-refractivity contribution in [1.29, 1.82) is 0 Å². The summed E-state index contributed by atoms with van der Waals surface area (Å²) in [5.41, 5.74) is 1.23. The van der Waals surface area contributed by atoms with Gasteiger partial charge in [0.1, 0.15) is 7.11 Å². The van der Waals surface area contributed by atoms with Crippen LogP contribution in [0.3, 0.4) is 0 Å². The molecule has 16 heavy (non-hydrogen) atoms. The highest BCUT2D eigenvalue weighted by Crippen LogP contribution is 2.16. The van der Waals surface area contributed by atoms with E-state index in [-0.39, 0.29) is 0 Å². The van der Waals surface area contributed by atoms with Crippen molar-refractivity contribution < 1.29 is 4.84 Å². The molecular weight excluding hydrogens is 240 g/mol. The van der Waals surface area contributed by atoms with Crippen LogP contribution in [0.2, 0.25) is 0 Å². The number of thioether (sulfide) groups is 1. The van der Waals surface area contributed by atoms with E-state index in [4.69, 9.17) is 4.84 Å². The van der Waals surface area contributed by atoms with Crippen LogP contribution in [0.25, 0.3) is 10.2 Å². The molecule has 0 aliphatic heterocycles. The predicted molar refractivity (Wildman–Crippen MR) is 70.8 cm³/mol. The first kappa shape index (κ1) is 11.5. The zero-order chi connectivity index (χ0) is 11.4. The highest BCUT2D eigenvalue weighted by molar-refractivity contribution is 7.98. The SMILES string of the molecule is CON=c1sc2ccccc2n1CCSC. The molecule has 0 saturated carbocycles. The van der Waals surface area contributed by atoms with Crippen molar-refractivity contribution in [1.82, 2.24) is 4.57 Å². The summed E-state index contributed by atoms with van der Waals surface area (Å²) in [6.07, 6.45) is 2.11. The summed E-state index contributed by atoms with van der Waals surface area (Å²) >= 11 is 3.50. The number of rotatable bonds is 4. The lowest BCUT2D eigenvalue weighted by Crippen LogP contribution is -2.16. The molecule has 2 rings (SSSR count). The maximum Gasteiger partial charge on any atom is 0.228 e. The average molecular weight is 254 g/mol. The van der Waals surface area contributed by atoms with Gasteiger partial charge in [0, 0.05) is 12.3 Å². The van der Waals surface area contributed by atoms with Crippen LogP contribution >= 0.6 is 23.1 Å². The highest BCUT2D eigenvalue weighted by atomic mass is 32.2. The first-order valence-electron chi connectivity index (χ1n) is 5.01. The molecule has 1 aromatic heterocycles. The third-order valence-corrected chi connectivity index (χ3v) is 3.91. The quantitative estimate of drug-likeness (QED) is 0.784. The maximum atomic E-state index is 4.89. The molecule has 0 radical (unpaired) electrons. The smallest absolute Gasteiger partial charge is 0.228 e. The molecule has 0 saturated heterocycles. The fourth-order valence-corrected chi connectivity index (χ4v) is 2.97. The molecule has 0 aliphatic carbocycles. The lowest BCUT2D eigenvalue weighted by Gasteiger charge is -2.02. The Labute approximate surface area is 103 Å². The Morgan fingerprint density at radius 1 is 1.44 bits per heavy atom. The molecule has 0 aliphatic rings. The topological polar surface area (TPSA) is 26.5 Å². The molecule has 0 atom stereocenters. The Morgan fingerprint density at radius 2 is 2.25 bits per heavy atom. The molecule has 0 fully saturated rings. The van der Waals surface area contributed by atoms with Gasteiger partial charge in [0.05, 0.1) is 10.2 Å². The van der Waals surface area contributed by atoms with Crippen LogP contribution in [0.4, 0.5) is 0 Å². The minimum atomic E-state index is 0.928. The van der Waals surface area contributed by atoms with Gasteiger partial charge in [-0.1, -0.05) is 28.6 Å². The molecule has 5 heteroatoms. The molecule has 0 N–H and O–H groups in total.